The first kappa shape index (κ1) is 33.3. The van der Waals surface area contributed by atoms with Gasteiger partial charge in [0.05, 0.1) is 18.9 Å². The molecule has 5 amide bonds. The summed E-state index contributed by atoms with van der Waals surface area (Å²) in [6, 6.07) is -6.30. The number of nitrogens with zero attached hydrogens (tertiary/aromatic N) is 1. The Morgan fingerprint density at radius 1 is 0.872 bits per heavy atom. The molecule has 0 aromatic carbocycles. The Bertz CT molecular complexity index is 954. The van der Waals surface area contributed by atoms with Gasteiger partial charge in [0.1, 0.15) is 24.2 Å². The third-order valence-electron chi connectivity index (χ3n) is 6.21. The third kappa shape index (κ3) is 10.5. The Labute approximate surface area is 226 Å². The molecule has 220 valence electrons. The Balaban J connectivity index is 3.08. The summed E-state index contributed by atoms with van der Waals surface area (Å²) in [4.78, 5) is 87.1. The molecule has 15 nitrogen and oxygen atoms in total. The van der Waals surface area contributed by atoms with Crippen molar-refractivity contribution in [2.45, 2.75) is 90.0 Å². The maximum atomic E-state index is 13.1. The highest BCUT2D eigenvalue weighted by Gasteiger charge is 2.39. The Kier molecular flexibility index (Phi) is 12.8. The van der Waals surface area contributed by atoms with Gasteiger partial charge in [0.15, 0.2) is 0 Å². The Morgan fingerprint density at radius 3 is 1.92 bits per heavy atom. The van der Waals surface area contributed by atoms with E-state index < -0.39 is 84.5 Å². The number of aliphatic carboxylic acids is 2. The number of rotatable bonds is 15. The predicted octanol–water partition coefficient (Wildman–Crippen LogP) is -2.10. The van der Waals surface area contributed by atoms with Crippen LogP contribution in [0.3, 0.4) is 0 Å². The minimum absolute atomic E-state index is 0.0339. The molecule has 0 unspecified atom stereocenters. The van der Waals surface area contributed by atoms with Gasteiger partial charge in [-0.15, -0.1) is 0 Å². The number of hydrogen-bond acceptors (Lipinski definition) is 8. The van der Waals surface area contributed by atoms with Crippen LogP contribution in [0.15, 0.2) is 0 Å². The first-order chi connectivity index (χ1) is 18.0. The lowest BCUT2D eigenvalue weighted by atomic mass is 10.0. The van der Waals surface area contributed by atoms with Crippen LogP contribution in [-0.4, -0.2) is 93.3 Å². The highest BCUT2D eigenvalue weighted by Crippen LogP contribution is 2.20. The van der Waals surface area contributed by atoms with E-state index in [4.69, 9.17) is 16.6 Å². The standard InChI is InChI=1S/C24H40N6O9/c1-11(2)8-13(20(34)29-15(24(38)39)10-18(32)33)27-21(35)14(9-17(25)31)28-22(36)16-6-5-7-30(16)23(37)19(26)12(3)4/h11-16,19H,5-10,26H2,1-4H3,(H2,25,31)(H,27,35)(H,28,36)(H,29,34)(H,32,33)(H,38,39)/t13-,14-,15-,16-,19-/m0/s1. The molecule has 39 heavy (non-hydrogen) atoms. The summed E-state index contributed by atoms with van der Waals surface area (Å²) >= 11 is 0. The van der Waals surface area contributed by atoms with Gasteiger partial charge in [0.25, 0.3) is 0 Å². The van der Waals surface area contributed by atoms with E-state index in [1.807, 2.05) is 0 Å². The summed E-state index contributed by atoms with van der Waals surface area (Å²) in [5, 5.41) is 25.1. The van der Waals surface area contributed by atoms with Crippen LogP contribution in [0.5, 0.6) is 0 Å². The summed E-state index contributed by atoms with van der Waals surface area (Å²) in [6.45, 7) is 7.29. The van der Waals surface area contributed by atoms with E-state index in [1.54, 1.807) is 27.7 Å². The fourth-order valence-corrected chi connectivity index (χ4v) is 4.08. The molecule has 15 heteroatoms. The van der Waals surface area contributed by atoms with E-state index in [2.05, 4.69) is 16.0 Å². The molecular weight excluding hydrogens is 516 g/mol. The molecule has 9 N–H and O–H groups in total. The lowest BCUT2D eigenvalue weighted by Crippen LogP contribution is -2.59. The van der Waals surface area contributed by atoms with Gasteiger partial charge in [-0.1, -0.05) is 27.7 Å². The second-order valence-corrected chi connectivity index (χ2v) is 10.4. The monoisotopic (exact) mass is 556 g/mol. The van der Waals surface area contributed by atoms with Gasteiger partial charge in [-0.05, 0) is 31.1 Å². The summed E-state index contributed by atoms with van der Waals surface area (Å²) in [7, 11) is 0. The van der Waals surface area contributed by atoms with Crippen LogP contribution in [0.1, 0.15) is 59.8 Å². The molecule has 0 aliphatic carbocycles. The zero-order valence-corrected chi connectivity index (χ0v) is 22.6. The van der Waals surface area contributed by atoms with Crippen molar-refractivity contribution in [1.82, 2.24) is 20.9 Å². The molecule has 0 saturated carbocycles. The molecule has 0 aromatic heterocycles. The average Bonchev–Trinajstić information content (AvgIpc) is 3.30. The lowest BCUT2D eigenvalue weighted by Gasteiger charge is -2.29. The smallest absolute Gasteiger partial charge is 0.326 e. The molecular formula is C24H40N6O9. The SMILES string of the molecule is CC(C)C[C@H](NC(=O)[C@H](CC(N)=O)NC(=O)[C@@H]1CCCN1C(=O)[C@@H](N)C(C)C)C(=O)N[C@@H](CC(=O)O)C(=O)O. The van der Waals surface area contributed by atoms with Crippen LogP contribution < -0.4 is 27.4 Å². The van der Waals surface area contributed by atoms with Crippen molar-refractivity contribution < 1.29 is 43.8 Å². The highest BCUT2D eigenvalue weighted by atomic mass is 16.4. The van der Waals surface area contributed by atoms with Crippen LogP contribution in [0, 0.1) is 11.8 Å². The second kappa shape index (κ2) is 15.0. The first-order valence-corrected chi connectivity index (χ1v) is 12.7. The Morgan fingerprint density at radius 2 is 1.44 bits per heavy atom. The van der Waals surface area contributed by atoms with Crippen molar-refractivity contribution in [1.29, 1.82) is 0 Å². The van der Waals surface area contributed by atoms with E-state index in [-0.39, 0.29) is 18.3 Å². The molecule has 1 heterocycles. The number of likely N-dealkylation sites (tertiary alicyclic amines) is 1. The van der Waals surface area contributed by atoms with E-state index in [0.717, 1.165) is 0 Å². The fourth-order valence-electron chi connectivity index (χ4n) is 4.08. The van der Waals surface area contributed by atoms with Gasteiger partial charge in [-0.25, -0.2) is 4.79 Å². The number of carbonyl (C=O) groups excluding carboxylic acids is 5. The van der Waals surface area contributed by atoms with Gasteiger partial charge in [0, 0.05) is 6.54 Å². The summed E-state index contributed by atoms with van der Waals surface area (Å²) in [6.07, 6.45) is -0.630. The molecule has 1 fully saturated rings. The zero-order valence-electron chi connectivity index (χ0n) is 22.6. The Hall–Kier alpha value is -3.75. The maximum absolute atomic E-state index is 13.1. The fraction of sp³-hybridized carbons (Fsp3) is 0.708. The number of hydrogen-bond donors (Lipinski definition) is 7. The molecule has 5 atom stereocenters. The van der Waals surface area contributed by atoms with Crippen molar-refractivity contribution in [3.63, 3.8) is 0 Å². The molecule has 1 rings (SSSR count). The maximum Gasteiger partial charge on any atom is 0.326 e. The summed E-state index contributed by atoms with van der Waals surface area (Å²) in [5.41, 5.74) is 11.2. The predicted molar refractivity (Wildman–Crippen MR) is 136 cm³/mol. The van der Waals surface area contributed by atoms with Gasteiger partial charge < -0.3 is 42.5 Å². The summed E-state index contributed by atoms with van der Waals surface area (Å²) in [5.74, 6) is -7.30. The van der Waals surface area contributed by atoms with Crippen molar-refractivity contribution in [3.8, 4) is 0 Å². The van der Waals surface area contributed by atoms with Crippen LogP contribution in [0.4, 0.5) is 0 Å². The van der Waals surface area contributed by atoms with Crippen molar-refractivity contribution in [3.05, 3.63) is 0 Å². The van der Waals surface area contributed by atoms with Crippen LogP contribution in [-0.2, 0) is 33.6 Å². The lowest BCUT2D eigenvalue weighted by molar-refractivity contribution is -0.147. The van der Waals surface area contributed by atoms with Crippen LogP contribution in [0.2, 0.25) is 0 Å². The second-order valence-electron chi connectivity index (χ2n) is 10.4. The number of carboxylic acids is 2. The van der Waals surface area contributed by atoms with E-state index in [1.165, 1.54) is 4.90 Å². The molecule has 0 bridgehead atoms. The van der Waals surface area contributed by atoms with Gasteiger partial charge in [0.2, 0.25) is 29.5 Å². The summed E-state index contributed by atoms with van der Waals surface area (Å²) < 4.78 is 0. The minimum Gasteiger partial charge on any atom is -0.481 e. The van der Waals surface area contributed by atoms with Gasteiger partial charge >= 0.3 is 11.9 Å². The number of amides is 5. The van der Waals surface area contributed by atoms with Crippen LogP contribution >= 0.6 is 0 Å². The van der Waals surface area contributed by atoms with Crippen LogP contribution in [0.25, 0.3) is 0 Å². The molecule has 1 saturated heterocycles. The minimum atomic E-state index is -1.74. The molecule has 0 aromatic rings. The van der Waals surface area contributed by atoms with E-state index in [0.29, 0.717) is 19.4 Å². The first-order valence-electron chi connectivity index (χ1n) is 12.7. The quantitative estimate of drug-likeness (QED) is 0.116. The molecule has 1 aliphatic heterocycles. The van der Waals surface area contributed by atoms with Gasteiger partial charge in [-0.3, -0.25) is 28.8 Å². The largest absolute Gasteiger partial charge is 0.481 e. The van der Waals surface area contributed by atoms with Crippen molar-refractivity contribution in [2.75, 3.05) is 6.54 Å². The number of nitrogens with two attached hydrogens (primary N) is 2. The van der Waals surface area contributed by atoms with E-state index >= 15 is 0 Å². The topological polar surface area (TPSA) is 251 Å². The van der Waals surface area contributed by atoms with E-state index in [9.17, 15) is 38.7 Å². The number of carbonyl (C=O) groups is 7. The number of carboxylic acid groups (broad SMARTS) is 2. The van der Waals surface area contributed by atoms with Gasteiger partial charge in [-0.2, -0.15) is 0 Å². The van der Waals surface area contributed by atoms with Crippen molar-refractivity contribution in [2.24, 2.45) is 23.3 Å². The molecule has 0 spiro atoms. The normalized spacial score (nSPS) is 18.1. The highest BCUT2D eigenvalue weighted by molar-refractivity contribution is 5.97. The number of primary amides is 1. The molecule has 0 radical (unpaired) electrons. The third-order valence-corrected chi connectivity index (χ3v) is 6.21. The molecule has 1 aliphatic rings. The van der Waals surface area contributed by atoms with Crippen molar-refractivity contribution >= 4 is 41.5 Å². The zero-order chi connectivity index (χ0) is 30.0. The average molecular weight is 557 g/mol. The number of nitrogens with one attached hydrogen (secondary N) is 3.